The summed E-state index contributed by atoms with van der Waals surface area (Å²) in [6, 6.07) is 29.0. The van der Waals surface area contributed by atoms with Crippen molar-refractivity contribution in [1.82, 2.24) is 0 Å². The van der Waals surface area contributed by atoms with Gasteiger partial charge in [0.25, 0.3) is 0 Å². The summed E-state index contributed by atoms with van der Waals surface area (Å²) >= 11 is 0. The van der Waals surface area contributed by atoms with Crippen molar-refractivity contribution in [3.05, 3.63) is 108 Å². The standard InChI is InChI=1S/C23H19OP/c1-20(17-18-21-11-5-2-6-12-21)19-25(24,22-13-7-3-8-14-22)23-15-9-4-10-16-23/h2-16,19H,1H3/b20-19-. The Balaban J connectivity index is 2.05. The van der Waals surface area contributed by atoms with Gasteiger partial charge in [-0.15, -0.1) is 0 Å². The Morgan fingerprint density at radius 2 is 1.20 bits per heavy atom. The molecule has 0 aliphatic heterocycles. The van der Waals surface area contributed by atoms with Crippen LogP contribution in [0, 0.1) is 11.8 Å². The van der Waals surface area contributed by atoms with Gasteiger partial charge < -0.3 is 4.57 Å². The highest BCUT2D eigenvalue weighted by molar-refractivity contribution is 7.81. The highest BCUT2D eigenvalue weighted by Gasteiger charge is 2.24. The molecule has 0 heterocycles. The summed E-state index contributed by atoms with van der Waals surface area (Å²) in [5, 5.41) is 1.64. The van der Waals surface area contributed by atoms with E-state index < -0.39 is 7.14 Å². The van der Waals surface area contributed by atoms with E-state index in [0.717, 1.165) is 21.7 Å². The van der Waals surface area contributed by atoms with Crippen LogP contribution in [-0.4, -0.2) is 0 Å². The quantitative estimate of drug-likeness (QED) is 0.486. The summed E-state index contributed by atoms with van der Waals surface area (Å²) in [6.45, 7) is 1.91. The van der Waals surface area contributed by atoms with Gasteiger partial charge in [-0.3, -0.25) is 0 Å². The molecule has 25 heavy (non-hydrogen) atoms. The Hall–Kier alpha value is -2.81. The lowest BCUT2D eigenvalue weighted by Crippen LogP contribution is -2.14. The van der Waals surface area contributed by atoms with Gasteiger partial charge in [0.2, 0.25) is 0 Å². The molecule has 0 radical (unpaired) electrons. The molecular weight excluding hydrogens is 323 g/mol. The molecule has 0 unspecified atom stereocenters. The molecule has 0 saturated carbocycles. The van der Waals surface area contributed by atoms with Crippen LogP contribution in [0.3, 0.4) is 0 Å². The molecule has 0 N–H and O–H groups in total. The van der Waals surface area contributed by atoms with Crippen molar-refractivity contribution in [1.29, 1.82) is 0 Å². The summed E-state index contributed by atoms with van der Waals surface area (Å²) in [7, 11) is -2.87. The van der Waals surface area contributed by atoms with Crippen molar-refractivity contribution >= 4 is 17.8 Å². The van der Waals surface area contributed by atoms with Gasteiger partial charge in [-0.25, -0.2) is 0 Å². The fourth-order valence-corrected chi connectivity index (χ4v) is 5.03. The van der Waals surface area contributed by atoms with Gasteiger partial charge in [0, 0.05) is 21.7 Å². The monoisotopic (exact) mass is 342 g/mol. The van der Waals surface area contributed by atoms with Crippen LogP contribution >= 0.6 is 7.14 Å². The first-order valence-corrected chi connectivity index (χ1v) is 9.93. The number of benzene rings is 3. The molecular formula is C23H19OP. The molecule has 0 atom stereocenters. The average Bonchev–Trinajstić information content (AvgIpc) is 2.68. The molecule has 3 rings (SSSR count). The third kappa shape index (κ3) is 4.18. The van der Waals surface area contributed by atoms with Crippen LogP contribution in [-0.2, 0) is 4.57 Å². The van der Waals surface area contributed by atoms with E-state index in [1.165, 1.54) is 0 Å². The molecule has 0 aliphatic carbocycles. The Morgan fingerprint density at radius 1 is 0.760 bits per heavy atom. The molecule has 0 bridgehead atoms. The van der Waals surface area contributed by atoms with Gasteiger partial charge in [-0.05, 0) is 24.9 Å². The third-order valence-electron chi connectivity index (χ3n) is 3.83. The van der Waals surface area contributed by atoms with Gasteiger partial charge >= 0.3 is 0 Å². The second-order valence-corrected chi connectivity index (χ2v) is 8.36. The molecule has 0 amide bonds. The number of hydrogen-bond acceptors (Lipinski definition) is 1. The summed E-state index contributed by atoms with van der Waals surface area (Å²) in [5.74, 6) is 8.09. The summed E-state index contributed by atoms with van der Waals surface area (Å²) in [6.07, 6.45) is 0. The zero-order chi connectivity index (χ0) is 17.5. The smallest absolute Gasteiger partial charge is 0.165 e. The minimum absolute atomic E-state index is 0.805. The van der Waals surface area contributed by atoms with Gasteiger partial charge in [-0.2, -0.15) is 0 Å². The van der Waals surface area contributed by atoms with Crippen LogP contribution in [0.5, 0.6) is 0 Å². The molecule has 122 valence electrons. The van der Waals surface area contributed by atoms with Crippen LogP contribution in [0.2, 0.25) is 0 Å². The van der Waals surface area contributed by atoms with E-state index >= 15 is 0 Å². The maximum Gasteiger partial charge on any atom is 0.165 e. The highest BCUT2D eigenvalue weighted by Crippen LogP contribution is 2.45. The van der Waals surface area contributed by atoms with Crippen molar-refractivity contribution in [2.45, 2.75) is 6.92 Å². The van der Waals surface area contributed by atoms with Crippen LogP contribution in [0.25, 0.3) is 0 Å². The molecule has 2 heteroatoms. The van der Waals surface area contributed by atoms with Crippen molar-refractivity contribution < 1.29 is 4.57 Å². The van der Waals surface area contributed by atoms with Crippen molar-refractivity contribution in [2.75, 3.05) is 0 Å². The van der Waals surface area contributed by atoms with Crippen LogP contribution < -0.4 is 10.6 Å². The molecule has 0 fully saturated rings. The Bertz CT molecular complexity index is 919. The minimum Gasteiger partial charge on any atom is -0.309 e. The third-order valence-corrected chi connectivity index (χ3v) is 6.71. The first kappa shape index (κ1) is 17.0. The van der Waals surface area contributed by atoms with Crippen molar-refractivity contribution in [2.24, 2.45) is 0 Å². The lowest BCUT2D eigenvalue weighted by Gasteiger charge is -2.15. The van der Waals surface area contributed by atoms with Crippen LogP contribution in [0.1, 0.15) is 12.5 Å². The maximum atomic E-state index is 13.9. The summed E-state index contributed by atoms with van der Waals surface area (Å²) in [5.41, 5.74) is 1.75. The normalized spacial score (nSPS) is 11.5. The average molecular weight is 342 g/mol. The second-order valence-electron chi connectivity index (χ2n) is 5.76. The van der Waals surface area contributed by atoms with Crippen LogP contribution in [0.4, 0.5) is 0 Å². The van der Waals surface area contributed by atoms with Crippen molar-refractivity contribution in [3.63, 3.8) is 0 Å². The van der Waals surface area contributed by atoms with E-state index in [9.17, 15) is 4.57 Å². The highest BCUT2D eigenvalue weighted by atomic mass is 31.2. The predicted octanol–water partition coefficient (Wildman–Crippen LogP) is 4.96. The number of rotatable bonds is 3. The molecule has 3 aromatic rings. The van der Waals surface area contributed by atoms with Gasteiger partial charge in [0.1, 0.15) is 0 Å². The first-order valence-electron chi connectivity index (χ1n) is 8.16. The molecule has 0 saturated heterocycles. The van der Waals surface area contributed by atoms with E-state index in [-0.39, 0.29) is 0 Å². The molecule has 0 spiro atoms. The van der Waals surface area contributed by atoms with Gasteiger partial charge in [0.15, 0.2) is 7.14 Å². The second kappa shape index (κ2) is 7.84. The fraction of sp³-hybridized carbons (Fsp3) is 0.0435. The minimum atomic E-state index is -2.87. The Morgan fingerprint density at radius 3 is 1.68 bits per heavy atom. The number of hydrogen-bond donors (Lipinski definition) is 0. The predicted molar refractivity (Wildman–Crippen MR) is 107 cm³/mol. The van der Waals surface area contributed by atoms with Gasteiger partial charge in [-0.1, -0.05) is 90.7 Å². The maximum absolute atomic E-state index is 13.9. The lowest BCUT2D eigenvalue weighted by molar-refractivity contribution is 0.592. The Kier molecular flexibility index (Phi) is 5.34. The zero-order valence-electron chi connectivity index (χ0n) is 14.1. The van der Waals surface area contributed by atoms with E-state index in [2.05, 4.69) is 11.8 Å². The van der Waals surface area contributed by atoms with E-state index in [1.807, 2.05) is 104 Å². The summed E-state index contributed by atoms with van der Waals surface area (Å²) in [4.78, 5) is 0. The van der Waals surface area contributed by atoms with E-state index in [4.69, 9.17) is 0 Å². The molecule has 1 nitrogen and oxygen atoms in total. The first-order chi connectivity index (χ1) is 12.2. The van der Waals surface area contributed by atoms with E-state index in [0.29, 0.717) is 0 Å². The zero-order valence-corrected chi connectivity index (χ0v) is 15.0. The molecule has 0 aliphatic rings. The fourth-order valence-electron chi connectivity index (χ4n) is 2.59. The largest absolute Gasteiger partial charge is 0.309 e. The Labute approximate surface area is 149 Å². The lowest BCUT2D eigenvalue weighted by atomic mass is 10.2. The van der Waals surface area contributed by atoms with Crippen LogP contribution in [0.15, 0.2) is 102 Å². The van der Waals surface area contributed by atoms with Gasteiger partial charge in [0.05, 0.1) is 0 Å². The topological polar surface area (TPSA) is 17.1 Å². The number of allylic oxidation sites excluding steroid dienone is 1. The van der Waals surface area contributed by atoms with Crippen molar-refractivity contribution in [3.8, 4) is 11.8 Å². The molecule has 0 aromatic heterocycles. The molecule has 3 aromatic carbocycles. The van der Waals surface area contributed by atoms with E-state index in [1.54, 1.807) is 0 Å². The summed E-state index contributed by atoms with van der Waals surface area (Å²) < 4.78 is 13.9. The SMILES string of the molecule is C/C(C#Cc1ccccc1)=C/P(=O)(c1ccccc1)c1ccccc1.